The molecule has 1 fully saturated rings. The zero-order chi connectivity index (χ0) is 19.5. The number of rotatable bonds is 1. The summed E-state index contributed by atoms with van der Waals surface area (Å²) in [6, 6.07) is 20.7. The Bertz CT molecular complexity index is 1530. The second-order valence-corrected chi connectivity index (χ2v) is 8.40. The third-order valence-electron chi connectivity index (χ3n) is 7.07. The molecule has 0 unspecified atom stereocenters. The first kappa shape index (κ1) is 15.7. The Labute approximate surface area is 165 Å². The van der Waals surface area contributed by atoms with Gasteiger partial charge in [0.2, 0.25) is 0 Å². The van der Waals surface area contributed by atoms with Crippen molar-refractivity contribution < 1.29 is 14.6 Å². The number of hydrogen-bond acceptors (Lipinski definition) is 3. The summed E-state index contributed by atoms with van der Waals surface area (Å²) in [5.74, 6) is 0. The maximum absolute atomic E-state index is 12.2. The first-order valence-electron chi connectivity index (χ1n) is 9.89. The minimum atomic E-state index is -1.63. The molecule has 142 valence electrons. The van der Waals surface area contributed by atoms with Crippen LogP contribution in [0.5, 0.6) is 0 Å². The Morgan fingerprint density at radius 3 is 2.28 bits per heavy atom. The third kappa shape index (κ3) is 1.54. The molecule has 0 amide bonds. The molecule has 0 aliphatic carbocycles. The van der Waals surface area contributed by atoms with Crippen molar-refractivity contribution in [2.75, 3.05) is 0 Å². The van der Waals surface area contributed by atoms with Gasteiger partial charge in [-0.2, -0.15) is 0 Å². The van der Waals surface area contributed by atoms with Gasteiger partial charge in [0, 0.05) is 28.0 Å². The Morgan fingerprint density at radius 1 is 0.931 bits per heavy atom. The van der Waals surface area contributed by atoms with Crippen LogP contribution in [0.25, 0.3) is 43.6 Å². The van der Waals surface area contributed by atoms with Gasteiger partial charge in [0.25, 0.3) is 0 Å². The zero-order valence-corrected chi connectivity index (χ0v) is 15.8. The summed E-state index contributed by atoms with van der Waals surface area (Å²) in [6.45, 7) is 1.83. The molecular weight excluding hydrogens is 364 g/mol. The van der Waals surface area contributed by atoms with Crippen LogP contribution in [-0.2, 0) is 15.3 Å². The number of aromatic nitrogens is 2. The molecule has 1 N–H and O–H groups in total. The van der Waals surface area contributed by atoms with E-state index >= 15 is 0 Å². The molecule has 2 aromatic heterocycles. The van der Waals surface area contributed by atoms with Crippen molar-refractivity contribution in [3.8, 4) is 0 Å². The molecule has 5 aromatic rings. The van der Waals surface area contributed by atoms with Crippen LogP contribution in [0.4, 0.5) is 0 Å². The topological polar surface area (TPSA) is 56.4 Å². The second kappa shape index (κ2) is 4.70. The number of aliphatic hydroxyl groups is 1. The zero-order valence-electron chi connectivity index (χ0n) is 15.8. The number of aldehydes is 1. The van der Waals surface area contributed by atoms with Crippen LogP contribution >= 0.6 is 0 Å². The molecule has 0 saturated carbocycles. The van der Waals surface area contributed by atoms with Crippen molar-refractivity contribution in [1.29, 1.82) is 0 Å². The lowest BCUT2D eigenvalue weighted by molar-refractivity contribution is -0.176. The highest BCUT2D eigenvalue weighted by atomic mass is 16.6. The standard InChI is InChI=1S/C24H18N2O3/c1-23-24(28,13-27)12-20(29-23)25-18-8-4-2-6-14(18)16-10-11-17-15-7-3-5-9-19(15)26(23)22(17)21(16)25/h2-11,13,20,28H,12H2,1H3/t20-,23+,24+/m1/s1. The van der Waals surface area contributed by atoms with Crippen molar-refractivity contribution in [3.05, 3.63) is 60.7 Å². The quantitative estimate of drug-likeness (QED) is 0.436. The summed E-state index contributed by atoms with van der Waals surface area (Å²) in [6.07, 6.45) is 0.440. The van der Waals surface area contributed by atoms with Gasteiger partial charge in [-0.3, -0.25) is 4.79 Å². The van der Waals surface area contributed by atoms with E-state index in [1.807, 2.05) is 37.3 Å². The largest absolute Gasteiger partial charge is 0.377 e. The maximum atomic E-state index is 12.2. The minimum Gasteiger partial charge on any atom is -0.377 e. The predicted molar refractivity (Wildman–Crippen MR) is 112 cm³/mol. The highest BCUT2D eigenvalue weighted by Crippen LogP contribution is 2.55. The molecule has 5 heteroatoms. The molecule has 3 aromatic carbocycles. The second-order valence-electron chi connectivity index (χ2n) is 8.40. The van der Waals surface area contributed by atoms with Crippen molar-refractivity contribution in [2.45, 2.75) is 30.9 Å². The molecule has 2 aliphatic rings. The van der Waals surface area contributed by atoms with Crippen LogP contribution in [0.3, 0.4) is 0 Å². The predicted octanol–water partition coefficient (Wildman–Crippen LogP) is 4.44. The average Bonchev–Trinajstić information content (AvgIpc) is 3.31. The van der Waals surface area contributed by atoms with E-state index in [0.29, 0.717) is 6.29 Å². The van der Waals surface area contributed by atoms with Crippen molar-refractivity contribution in [1.82, 2.24) is 9.13 Å². The number of hydrogen-bond donors (Lipinski definition) is 1. The lowest BCUT2D eigenvalue weighted by Gasteiger charge is -2.36. The number of benzene rings is 3. The van der Waals surface area contributed by atoms with Gasteiger partial charge in [0.15, 0.2) is 17.6 Å². The van der Waals surface area contributed by atoms with Crippen LogP contribution in [0.1, 0.15) is 19.6 Å². The molecule has 3 atom stereocenters. The molecule has 7 rings (SSSR count). The summed E-state index contributed by atoms with van der Waals surface area (Å²) in [5.41, 5.74) is 1.28. The van der Waals surface area contributed by atoms with Crippen LogP contribution in [0.2, 0.25) is 0 Å². The van der Waals surface area contributed by atoms with E-state index in [4.69, 9.17) is 4.74 Å². The van der Waals surface area contributed by atoms with Gasteiger partial charge in [-0.15, -0.1) is 0 Å². The van der Waals surface area contributed by atoms with Gasteiger partial charge in [-0.1, -0.05) is 48.5 Å². The summed E-state index contributed by atoms with van der Waals surface area (Å²) in [5, 5.41) is 15.9. The number of carbonyl (C=O) groups excluding carboxylic acids is 1. The summed E-state index contributed by atoms with van der Waals surface area (Å²) < 4.78 is 10.8. The normalized spacial score (nSPS) is 28.1. The van der Waals surface area contributed by atoms with E-state index in [0.717, 1.165) is 43.6 Å². The van der Waals surface area contributed by atoms with Gasteiger partial charge in [-0.25, -0.2) is 0 Å². The fraction of sp³-hybridized carbons (Fsp3) is 0.208. The van der Waals surface area contributed by atoms with Crippen LogP contribution < -0.4 is 0 Å². The van der Waals surface area contributed by atoms with Crippen LogP contribution in [0.15, 0.2) is 60.7 Å². The summed E-state index contributed by atoms with van der Waals surface area (Å²) >= 11 is 0. The monoisotopic (exact) mass is 382 g/mol. The summed E-state index contributed by atoms with van der Waals surface area (Å²) in [4.78, 5) is 12.2. The van der Waals surface area contributed by atoms with Crippen molar-refractivity contribution in [2.24, 2.45) is 0 Å². The molecule has 5 nitrogen and oxygen atoms in total. The number of fused-ring (bicyclic) bond motifs is 10. The van der Waals surface area contributed by atoms with Gasteiger partial charge in [0.1, 0.15) is 6.23 Å². The Hall–Kier alpha value is -3.15. The molecule has 1 saturated heterocycles. The lowest BCUT2D eigenvalue weighted by atomic mass is 9.90. The van der Waals surface area contributed by atoms with Gasteiger partial charge in [0.05, 0.1) is 22.1 Å². The van der Waals surface area contributed by atoms with E-state index in [1.165, 1.54) is 0 Å². The van der Waals surface area contributed by atoms with Crippen LogP contribution in [-0.4, -0.2) is 26.1 Å². The van der Waals surface area contributed by atoms with E-state index < -0.39 is 17.6 Å². The number of nitrogens with zero attached hydrogens (tertiary/aromatic N) is 2. The fourth-order valence-corrected chi connectivity index (χ4v) is 5.69. The molecule has 2 bridgehead atoms. The Morgan fingerprint density at radius 2 is 1.55 bits per heavy atom. The minimum absolute atomic E-state index is 0.211. The van der Waals surface area contributed by atoms with Crippen molar-refractivity contribution >= 4 is 49.9 Å². The molecule has 2 aliphatic heterocycles. The van der Waals surface area contributed by atoms with E-state index in [9.17, 15) is 9.90 Å². The first-order valence-corrected chi connectivity index (χ1v) is 9.89. The molecule has 29 heavy (non-hydrogen) atoms. The summed E-state index contributed by atoms with van der Waals surface area (Å²) in [7, 11) is 0. The SMILES string of the molecule is C[C@]12O[C@H](C[C@]1(O)C=O)n1c3ccccc3c3ccc4c5ccccc5n2c4c31. The van der Waals surface area contributed by atoms with Gasteiger partial charge < -0.3 is 19.0 Å². The molecule has 0 radical (unpaired) electrons. The number of para-hydroxylation sites is 2. The number of ether oxygens (including phenoxy) is 1. The average molecular weight is 382 g/mol. The van der Waals surface area contributed by atoms with Gasteiger partial charge >= 0.3 is 0 Å². The maximum Gasteiger partial charge on any atom is 0.181 e. The lowest BCUT2D eigenvalue weighted by Crippen LogP contribution is -2.51. The fourth-order valence-electron chi connectivity index (χ4n) is 5.69. The highest BCUT2D eigenvalue weighted by molar-refractivity contribution is 6.23. The van der Waals surface area contributed by atoms with E-state index in [-0.39, 0.29) is 6.42 Å². The molecule has 0 spiro atoms. The van der Waals surface area contributed by atoms with E-state index in [1.54, 1.807) is 0 Å². The highest BCUT2D eigenvalue weighted by Gasteiger charge is 2.60. The molecular formula is C24H18N2O3. The van der Waals surface area contributed by atoms with Gasteiger partial charge in [-0.05, 0) is 19.1 Å². The van der Waals surface area contributed by atoms with Crippen LogP contribution in [0, 0.1) is 0 Å². The van der Waals surface area contributed by atoms with Crippen molar-refractivity contribution in [3.63, 3.8) is 0 Å². The smallest absolute Gasteiger partial charge is 0.181 e. The van der Waals surface area contributed by atoms with E-state index in [2.05, 4.69) is 39.5 Å². The first-order chi connectivity index (χ1) is 14.1. The Balaban J connectivity index is 1.86. The third-order valence-corrected chi connectivity index (χ3v) is 7.07. The Kier molecular flexibility index (Phi) is 2.55. The molecule has 4 heterocycles. The number of carbonyl (C=O) groups is 1.